The van der Waals surface area contributed by atoms with Gasteiger partial charge in [0.2, 0.25) is 0 Å². The second-order valence-corrected chi connectivity index (χ2v) is 4.28. The summed E-state index contributed by atoms with van der Waals surface area (Å²) in [5.41, 5.74) is 4.76. The van der Waals surface area contributed by atoms with Gasteiger partial charge in [0, 0.05) is 6.07 Å². The molecule has 0 aromatic heterocycles. The number of carboxylic acids is 1. The van der Waals surface area contributed by atoms with E-state index < -0.39 is 22.6 Å². The molecular weight excluding hydrogens is 324 g/mol. The first kappa shape index (κ1) is 15.2. The van der Waals surface area contributed by atoms with Gasteiger partial charge in [-0.05, 0) is 15.9 Å². The molecule has 9 heteroatoms. The van der Waals surface area contributed by atoms with Crippen LogP contribution in [0.15, 0.2) is 10.5 Å². The lowest BCUT2D eigenvalue weighted by Crippen LogP contribution is -2.23. The number of nitro groups is 1. The van der Waals surface area contributed by atoms with Gasteiger partial charge in [-0.15, -0.1) is 0 Å². The molecule has 1 rings (SSSR count). The van der Waals surface area contributed by atoms with Gasteiger partial charge in [-0.3, -0.25) is 14.9 Å². The highest BCUT2D eigenvalue weighted by atomic mass is 79.9. The molecule has 8 nitrogen and oxygen atoms in total. The molecule has 1 aromatic carbocycles. The molecule has 1 atom stereocenters. The van der Waals surface area contributed by atoms with Crippen molar-refractivity contribution in [2.45, 2.75) is 6.04 Å². The molecule has 104 valence electrons. The van der Waals surface area contributed by atoms with Gasteiger partial charge in [0.25, 0.3) is 5.69 Å². The summed E-state index contributed by atoms with van der Waals surface area (Å²) in [5, 5.41) is 20.0. The fourth-order valence-electron chi connectivity index (χ4n) is 1.58. The maximum absolute atomic E-state index is 11.1. The predicted octanol–water partition coefficient (Wildman–Crippen LogP) is 1.46. The maximum Gasteiger partial charge on any atom is 0.325 e. The van der Waals surface area contributed by atoms with Crippen LogP contribution < -0.4 is 15.2 Å². The van der Waals surface area contributed by atoms with Crippen molar-refractivity contribution in [1.82, 2.24) is 0 Å². The van der Waals surface area contributed by atoms with Crippen LogP contribution in [-0.2, 0) is 4.79 Å². The lowest BCUT2D eigenvalue weighted by Gasteiger charge is -2.16. The van der Waals surface area contributed by atoms with Crippen molar-refractivity contribution < 1.29 is 24.3 Å². The van der Waals surface area contributed by atoms with Crippen LogP contribution in [-0.4, -0.2) is 30.2 Å². The third kappa shape index (κ3) is 2.76. The number of nitrogens with zero attached hydrogens (tertiary/aromatic N) is 1. The molecule has 0 saturated carbocycles. The van der Waals surface area contributed by atoms with E-state index in [-0.39, 0.29) is 21.5 Å². The van der Waals surface area contributed by atoms with Crippen molar-refractivity contribution in [2.75, 3.05) is 14.2 Å². The van der Waals surface area contributed by atoms with E-state index in [9.17, 15) is 14.9 Å². The molecule has 1 aromatic rings. The number of nitrogens with two attached hydrogens (primary N) is 1. The Morgan fingerprint density at radius 1 is 1.53 bits per heavy atom. The molecule has 0 unspecified atom stereocenters. The summed E-state index contributed by atoms with van der Waals surface area (Å²) in [6.07, 6.45) is 0. The van der Waals surface area contributed by atoms with Crippen molar-refractivity contribution in [3.05, 3.63) is 26.2 Å². The van der Waals surface area contributed by atoms with E-state index in [1.54, 1.807) is 0 Å². The number of hydrogen-bond donors (Lipinski definition) is 2. The quantitative estimate of drug-likeness (QED) is 0.616. The number of rotatable bonds is 5. The SMILES string of the molecule is COc1cc(Br)c([N+](=O)[O-])c([C@H](N)C(=O)O)c1OC. The molecule has 0 aliphatic heterocycles. The Kier molecular flexibility index (Phi) is 4.67. The standard InChI is InChI=1S/C10H11BrN2O6/c1-18-5-3-4(11)8(13(16)17)6(9(5)19-2)7(12)10(14)15/h3,7H,12H2,1-2H3,(H,14,15)/t7-/m0/s1. The summed E-state index contributed by atoms with van der Waals surface area (Å²) < 4.78 is 10.0. The zero-order chi connectivity index (χ0) is 14.7. The molecule has 0 heterocycles. The Balaban J connectivity index is 3.73. The molecule has 0 bridgehead atoms. The monoisotopic (exact) mass is 334 g/mol. The minimum Gasteiger partial charge on any atom is -0.493 e. The van der Waals surface area contributed by atoms with E-state index in [1.807, 2.05) is 0 Å². The summed E-state index contributed by atoms with van der Waals surface area (Å²) in [5.74, 6) is -1.35. The van der Waals surface area contributed by atoms with Crippen molar-refractivity contribution in [2.24, 2.45) is 5.73 Å². The van der Waals surface area contributed by atoms with Crippen LogP contribution in [0.3, 0.4) is 0 Å². The number of aliphatic carboxylic acids is 1. The van der Waals surface area contributed by atoms with E-state index in [0.717, 1.165) is 0 Å². The average Bonchev–Trinajstić information content (AvgIpc) is 2.35. The normalized spacial score (nSPS) is 11.8. The molecule has 0 aliphatic rings. The minimum absolute atomic E-state index is 0.0573. The summed E-state index contributed by atoms with van der Waals surface area (Å²) in [7, 11) is 2.57. The van der Waals surface area contributed by atoms with Crippen molar-refractivity contribution in [3.8, 4) is 11.5 Å². The van der Waals surface area contributed by atoms with Crippen LogP contribution in [0.1, 0.15) is 11.6 Å². The van der Waals surface area contributed by atoms with Crippen molar-refractivity contribution in [1.29, 1.82) is 0 Å². The van der Waals surface area contributed by atoms with Crippen LogP contribution in [0.5, 0.6) is 11.5 Å². The second-order valence-electron chi connectivity index (χ2n) is 3.43. The smallest absolute Gasteiger partial charge is 0.325 e. The predicted molar refractivity (Wildman–Crippen MR) is 68.5 cm³/mol. The van der Waals surface area contributed by atoms with Gasteiger partial charge in [-0.2, -0.15) is 0 Å². The lowest BCUT2D eigenvalue weighted by molar-refractivity contribution is -0.386. The van der Waals surface area contributed by atoms with Gasteiger partial charge in [0.15, 0.2) is 11.5 Å². The first-order valence-corrected chi connectivity index (χ1v) is 5.71. The molecule has 0 radical (unpaired) electrons. The fourth-order valence-corrected chi connectivity index (χ4v) is 2.14. The summed E-state index contributed by atoms with van der Waals surface area (Å²) in [6, 6.07) is -0.295. The van der Waals surface area contributed by atoms with E-state index in [1.165, 1.54) is 20.3 Å². The van der Waals surface area contributed by atoms with E-state index >= 15 is 0 Å². The van der Waals surface area contributed by atoms with Gasteiger partial charge < -0.3 is 20.3 Å². The van der Waals surface area contributed by atoms with E-state index in [4.69, 9.17) is 20.3 Å². The fraction of sp³-hybridized carbons (Fsp3) is 0.300. The highest BCUT2D eigenvalue weighted by Gasteiger charge is 2.33. The van der Waals surface area contributed by atoms with Crippen LogP contribution >= 0.6 is 15.9 Å². The Bertz CT molecular complexity index is 533. The Labute approximate surface area is 116 Å². The van der Waals surface area contributed by atoms with Gasteiger partial charge in [0.1, 0.15) is 11.6 Å². The van der Waals surface area contributed by atoms with Crippen LogP contribution in [0.25, 0.3) is 0 Å². The van der Waals surface area contributed by atoms with Gasteiger partial charge in [0.05, 0.1) is 23.6 Å². The zero-order valence-electron chi connectivity index (χ0n) is 10.0. The van der Waals surface area contributed by atoms with Crippen molar-refractivity contribution in [3.63, 3.8) is 0 Å². The summed E-state index contributed by atoms with van der Waals surface area (Å²) in [6.45, 7) is 0. The molecular formula is C10H11BrN2O6. The molecule has 0 fully saturated rings. The second kappa shape index (κ2) is 5.85. The molecule has 0 spiro atoms. The Hall–Kier alpha value is -1.87. The van der Waals surface area contributed by atoms with Crippen molar-refractivity contribution >= 4 is 27.6 Å². The molecule has 0 aliphatic carbocycles. The Morgan fingerprint density at radius 2 is 2.11 bits per heavy atom. The van der Waals surface area contributed by atoms with Gasteiger partial charge in [-0.25, -0.2) is 0 Å². The minimum atomic E-state index is -1.61. The topological polar surface area (TPSA) is 125 Å². The molecule has 19 heavy (non-hydrogen) atoms. The zero-order valence-corrected chi connectivity index (χ0v) is 11.6. The van der Waals surface area contributed by atoms with Crippen LogP contribution in [0.4, 0.5) is 5.69 Å². The number of nitro benzene ring substituents is 1. The van der Waals surface area contributed by atoms with Crippen LogP contribution in [0, 0.1) is 10.1 Å². The Morgan fingerprint density at radius 3 is 2.47 bits per heavy atom. The first-order valence-electron chi connectivity index (χ1n) is 4.92. The van der Waals surface area contributed by atoms with Gasteiger partial charge in [-0.1, -0.05) is 0 Å². The summed E-state index contributed by atoms with van der Waals surface area (Å²) in [4.78, 5) is 21.3. The molecule has 0 amide bonds. The average molecular weight is 335 g/mol. The number of hydrogen-bond acceptors (Lipinski definition) is 6. The third-order valence-electron chi connectivity index (χ3n) is 2.39. The largest absolute Gasteiger partial charge is 0.493 e. The van der Waals surface area contributed by atoms with Crippen LogP contribution in [0.2, 0.25) is 0 Å². The highest BCUT2D eigenvalue weighted by molar-refractivity contribution is 9.10. The summed E-state index contributed by atoms with van der Waals surface area (Å²) >= 11 is 2.99. The molecule has 3 N–H and O–H groups in total. The third-order valence-corrected chi connectivity index (χ3v) is 3.00. The lowest BCUT2D eigenvalue weighted by atomic mass is 10.0. The molecule has 0 saturated heterocycles. The van der Waals surface area contributed by atoms with E-state index in [2.05, 4.69) is 15.9 Å². The number of carboxylic acid groups (broad SMARTS) is 1. The van der Waals surface area contributed by atoms with Gasteiger partial charge >= 0.3 is 5.97 Å². The maximum atomic E-state index is 11.1. The first-order chi connectivity index (χ1) is 8.84. The number of ether oxygens (including phenoxy) is 2. The highest BCUT2D eigenvalue weighted by Crippen LogP contribution is 2.45. The number of carbonyl (C=O) groups is 1. The number of halogens is 1. The van der Waals surface area contributed by atoms with E-state index in [0.29, 0.717) is 0 Å². The number of benzene rings is 1. The number of methoxy groups -OCH3 is 2.